The molecule has 0 fully saturated rings. The lowest BCUT2D eigenvalue weighted by atomic mass is 9.95. The molecular weight excluding hydrogens is 244 g/mol. The first-order valence-electron chi connectivity index (χ1n) is 7.79. The van der Waals surface area contributed by atoms with Crippen LogP contribution in [0.4, 0.5) is 0 Å². The largest absolute Gasteiger partial charge is 0.310 e. The van der Waals surface area contributed by atoms with Gasteiger partial charge in [-0.1, -0.05) is 51.8 Å². The van der Waals surface area contributed by atoms with E-state index in [-0.39, 0.29) is 0 Å². The van der Waals surface area contributed by atoms with Crippen LogP contribution in [0.2, 0.25) is 0 Å². The van der Waals surface area contributed by atoms with Gasteiger partial charge in [0.15, 0.2) is 0 Å². The van der Waals surface area contributed by atoms with E-state index in [0.29, 0.717) is 6.04 Å². The standard InChI is InChI=1S/C18H26N2/c1-4-19-17(11-5-8-14(2)3)15-9-6-12-18-16(15)10-7-13-20-18/h6-7,9-10,12-14,17,19H,4-5,8,11H2,1-3H3. The molecule has 0 saturated heterocycles. The fourth-order valence-corrected chi connectivity index (χ4v) is 2.78. The lowest BCUT2D eigenvalue weighted by molar-refractivity contribution is 0.457. The Morgan fingerprint density at radius 2 is 1.95 bits per heavy atom. The molecule has 1 atom stereocenters. The van der Waals surface area contributed by atoms with Gasteiger partial charge in [-0.2, -0.15) is 0 Å². The fourth-order valence-electron chi connectivity index (χ4n) is 2.78. The third-order valence-electron chi connectivity index (χ3n) is 3.78. The number of hydrogen-bond donors (Lipinski definition) is 1. The highest BCUT2D eigenvalue weighted by molar-refractivity contribution is 5.82. The van der Waals surface area contributed by atoms with Gasteiger partial charge in [0.1, 0.15) is 0 Å². The SMILES string of the molecule is CCNC(CCCC(C)C)c1cccc2ncccc12. The topological polar surface area (TPSA) is 24.9 Å². The number of hydrogen-bond acceptors (Lipinski definition) is 2. The summed E-state index contributed by atoms with van der Waals surface area (Å²) in [4.78, 5) is 4.47. The van der Waals surface area contributed by atoms with Gasteiger partial charge in [0.25, 0.3) is 0 Å². The van der Waals surface area contributed by atoms with Gasteiger partial charge in [-0.3, -0.25) is 4.98 Å². The van der Waals surface area contributed by atoms with Gasteiger partial charge in [-0.05, 0) is 36.6 Å². The second kappa shape index (κ2) is 7.39. The van der Waals surface area contributed by atoms with Crippen LogP contribution in [-0.2, 0) is 0 Å². The first kappa shape index (κ1) is 15.0. The van der Waals surface area contributed by atoms with Crippen LogP contribution in [0.1, 0.15) is 51.6 Å². The lowest BCUT2D eigenvalue weighted by Crippen LogP contribution is -2.21. The molecule has 0 radical (unpaired) electrons. The van der Waals surface area contributed by atoms with E-state index in [2.05, 4.69) is 55.3 Å². The zero-order chi connectivity index (χ0) is 14.4. The Morgan fingerprint density at radius 1 is 1.10 bits per heavy atom. The van der Waals surface area contributed by atoms with Crippen molar-refractivity contribution in [1.29, 1.82) is 0 Å². The fraction of sp³-hybridized carbons (Fsp3) is 0.500. The van der Waals surface area contributed by atoms with E-state index < -0.39 is 0 Å². The van der Waals surface area contributed by atoms with Gasteiger partial charge >= 0.3 is 0 Å². The molecule has 0 aliphatic rings. The Hall–Kier alpha value is -1.41. The quantitative estimate of drug-likeness (QED) is 0.788. The summed E-state index contributed by atoms with van der Waals surface area (Å²) in [6.45, 7) is 7.77. The van der Waals surface area contributed by atoms with E-state index in [1.165, 1.54) is 30.2 Å². The van der Waals surface area contributed by atoms with Crippen molar-refractivity contribution >= 4 is 10.9 Å². The highest BCUT2D eigenvalue weighted by Crippen LogP contribution is 2.27. The molecule has 0 amide bonds. The first-order chi connectivity index (χ1) is 9.72. The third kappa shape index (κ3) is 3.80. The maximum Gasteiger partial charge on any atom is 0.0705 e. The molecule has 2 nitrogen and oxygen atoms in total. The summed E-state index contributed by atoms with van der Waals surface area (Å²) in [5.74, 6) is 0.784. The average molecular weight is 270 g/mol. The molecule has 0 spiro atoms. The molecule has 0 bridgehead atoms. The summed E-state index contributed by atoms with van der Waals surface area (Å²) in [7, 11) is 0. The number of fused-ring (bicyclic) bond motifs is 1. The highest BCUT2D eigenvalue weighted by atomic mass is 14.9. The molecular formula is C18H26N2. The van der Waals surface area contributed by atoms with E-state index >= 15 is 0 Å². The Kier molecular flexibility index (Phi) is 5.54. The van der Waals surface area contributed by atoms with Crippen LogP contribution < -0.4 is 5.32 Å². The molecule has 1 aromatic carbocycles. The van der Waals surface area contributed by atoms with E-state index in [1.807, 2.05) is 12.3 Å². The molecule has 0 aliphatic carbocycles. The molecule has 108 valence electrons. The zero-order valence-corrected chi connectivity index (χ0v) is 12.9. The van der Waals surface area contributed by atoms with Crippen molar-refractivity contribution in [2.24, 2.45) is 5.92 Å². The summed E-state index contributed by atoms with van der Waals surface area (Å²) < 4.78 is 0. The van der Waals surface area contributed by atoms with Crippen LogP contribution in [0.15, 0.2) is 36.5 Å². The minimum absolute atomic E-state index is 0.437. The van der Waals surface area contributed by atoms with Crippen molar-refractivity contribution in [3.05, 3.63) is 42.1 Å². The van der Waals surface area contributed by atoms with Gasteiger partial charge in [0, 0.05) is 17.6 Å². The van der Waals surface area contributed by atoms with Gasteiger partial charge in [0.05, 0.1) is 5.52 Å². The van der Waals surface area contributed by atoms with E-state index in [1.54, 1.807) is 0 Å². The molecule has 2 aromatic rings. The average Bonchev–Trinajstić information content (AvgIpc) is 2.45. The van der Waals surface area contributed by atoms with Crippen LogP contribution >= 0.6 is 0 Å². The lowest BCUT2D eigenvalue weighted by Gasteiger charge is -2.20. The van der Waals surface area contributed by atoms with Crippen molar-refractivity contribution in [3.8, 4) is 0 Å². The number of rotatable bonds is 7. The first-order valence-corrected chi connectivity index (χ1v) is 7.79. The Labute approximate surface area is 122 Å². The van der Waals surface area contributed by atoms with Crippen LogP contribution in [-0.4, -0.2) is 11.5 Å². The smallest absolute Gasteiger partial charge is 0.0705 e. The van der Waals surface area contributed by atoms with Crippen molar-refractivity contribution in [3.63, 3.8) is 0 Å². The highest BCUT2D eigenvalue weighted by Gasteiger charge is 2.13. The number of nitrogens with zero attached hydrogens (tertiary/aromatic N) is 1. The number of aromatic nitrogens is 1. The molecule has 1 aromatic heterocycles. The molecule has 20 heavy (non-hydrogen) atoms. The van der Waals surface area contributed by atoms with Gasteiger partial charge < -0.3 is 5.32 Å². The molecule has 1 heterocycles. The second-order valence-corrected chi connectivity index (χ2v) is 5.85. The van der Waals surface area contributed by atoms with E-state index in [9.17, 15) is 0 Å². The minimum Gasteiger partial charge on any atom is -0.310 e. The minimum atomic E-state index is 0.437. The Balaban J connectivity index is 2.22. The summed E-state index contributed by atoms with van der Waals surface area (Å²) >= 11 is 0. The van der Waals surface area contributed by atoms with Crippen LogP contribution in [0.5, 0.6) is 0 Å². The van der Waals surface area contributed by atoms with Crippen LogP contribution in [0.25, 0.3) is 10.9 Å². The third-order valence-corrected chi connectivity index (χ3v) is 3.78. The van der Waals surface area contributed by atoms with Crippen molar-refractivity contribution < 1.29 is 0 Å². The zero-order valence-electron chi connectivity index (χ0n) is 12.9. The molecule has 2 heteroatoms. The van der Waals surface area contributed by atoms with Crippen molar-refractivity contribution in [2.45, 2.75) is 46.1 Å². The molecule has 1 unspecified atom stereocenters. The van der Waals surface area contributed by atoms with E-state index in [4.69, 9.17) is 0 Å². The maximum atomic E-state index is 4.47. The molecule has 0 aliphatic heterocycles. The second-order valence-electron chi connectivity index (χ2n) is 5.85. The van der Waals surface area contributed by atoms with Crippen LogP contribution in [0.3, 0.4) is 0 Å². The Morgan fingerprint density at radius 3 is 2.70 bits per heavy atom. The van der Waals surface area contributed by atoms with E-state index in [0.717, 1.165) is 18.0 Å². The van der Waals surface area contributed by atoms with Crippen molar-refractivity contribution in [2.75, 3.05) is 6.54 Å². The number of pyridine rings is 1. The van der Waals surface area contributed by atoms with Gasteiger partial charge in [-0.15, -0.1) is 0 Å². The number of benzene rings is 1. The summed E-state index contributed by atoms with van der Waals surface area (Å²) in [5, 5.41) is 4.92. The molecule has 0 saturated carbocycles. The normalized spacial score (nSPS) is 13.0. The van der Waals surface area contributed by atoms with Crippen molar-refractivity contribution in [1.82, 2.24) is 10.3 Å². The summed E-state index contributed by atoms with van der Waals surface area (Å²) in [6.07, 6.45) is 5.63. The Bertz CT molecular complexity index is 528. The van der Waals surface area contributed by atoms with Gasteiger partial charge in [0.2, 0.25) is 0 Å². The molecule has 2 rings (SSSR count). The maximum absolute atomic E-state index is 4.47. The predicted molar refractivity (Wildman–Crippen MR) is 86.8 cm³/mol. The van der Waals surface area contributed by atoms with Gasteiger partial charge in [-0.25, -0.2) is 0 Å². The summed E-state index contributed by atoms with van der Waals surface area (Å²) in [6, 6.07) is 11.1. The number of nitrogens with one attached hydrogen (secondary N) is 1. The predicted octanol–water partition coefficient (Wildman–Crippen LogP) is 4.71. The summed E-state index contributed by atoms with van der Waals surface area (Å²) in [5.41, 5.74) is 2.48. The molecule has 1 N–H and O–H groups in total. The van der Waals surface area contributed by atoms with Crippen LogP contribution in [0, 0.1) is 5.92 Å². The monoisotopic (exact) mass is 270 g/mol.